The van der Waals surface area contributed by atoms with Crippen LogP contribution in [0.2, 0.25) is 0 Å². The molecule has 1 rings (SSSR count). The number of amides is 1. The molecule has 0 spiro atoms. The molecule has 0 unspecified atom stereocenters. The molecular weight excluding hydrogens is 164 g/mol. The summed E-state index contributed by atoms with van der Waals surface area (Å²) in [5.41, 5.74) is 0. The van der Waals surface area contributed by atoms with E-state index in [0.717, 1.165) is 25.8 Å². The Morgan fingerprint density at radius 2 is 2.54 bits per heavy atom. The second-order valence-electron chi connectivity index (χ2n) is 3.12. The van der Waals surface area contributed by atoms with Gasteiger partial charge < -0.3 is 10.6 Å². The molecule has 0 bridgehead atoms. The van der Waals surface area contributed by atoms with Gasteiger partial charge in [0.05, 0.1) is 6.04 Å². The molecule has 1 heterocycles. The summed E-state index contributed by atoms with van der Waals surface area (Å²) in [5.74, 6) is 5.82. The molecule has 3 nitrogen and oxygen atoms in total. The van der Waals surface area contributed by atoms with E-state index in [1.807, 2.05) is 0 Å². The summed E-state index contributed by atoms with van der Waals surface area (Å²) in [6.45, 7) is 3.44. The van der Waals surface area contributed by atoms with E-state index < -0.39 is 0 Å². The van der Waals surface area contributed by atoms with Crippen molar-refractivity contribution in [1.29, 1.82) is 0 Å². The van der Waals surface area contributed by atoms with Crippen molar-refractivity contribution in [3.63, 3.8) is 0 Å². The van der Waals surface area contributed by atoms with Crippen LogP contribution in [0.3, 0.4) is 0 Å². The normalized spacial score (nSPS) is 20.5. The Hall–Kier alpha value is -1.01. The molecule has 13 heavy (non-hydrogen) atoms. The standard InChI is InChI=1S/C10H16N2O/c1-2-3-4-7-12-10(13)9-6-5-8-11-9/h9,11H,4-8H2,1H3,(H,12,13)/t9-/m1/s1. The van der Waals surface area contributed by atoms with E-state index in [4.69, 9.17) is 0 Å². The fraction of sp³-hybridized carbons (Fsp3) is 0.700. The van der Waals surface area contributed by atoms with Gasteiger partial charge in [-0.3, -0.25) is 4.79 Å². The molecule has 0 saturated carbocycles. The van der Waals surface area contributed by atoms with Crippen LogP contribution in [0.15, 0.2) is 0 Å². The summed E-state index contributed by atoms with van der Waals surface area (Å²) >= 11 is 0. The Balaban J connectivity index is 2.12. The largest absolute Gasteiger partial charge is 0.354 e. The van der Waals surface area contributed by atoms with Gasteiger partial charge in [-0.15, -0.1) is 11.8 Å². The van der Waals surface area contributed by atoms with Crippen molar-refractivity contribution in [3.05, 3.63) is 0 Å². The summed E-state index contributed by atoms with van der Waals surface area (Å²) in [7, 11) is 0. The van der Waals surface area contributed by atoms with Gasteiger partial charge in [0.1, 0.15) is 0 Å². The Kier molecular flexibility index (Phi) is 4.34. The van der Waals surface area contributed by atoms with Crippen molar-refractivity contribution in [2.45, 2.75) is 32.2 Å². The highest BCUT2D eigenvalue weighted by molar-refractivity contribution is 5.81. The first-order chi connectivity index (χ1) is 6.34. The average molecular weight is 180 g/mol. The predicted molar refractivity (Wildman–Crippen MR) is 52.1 cm³/mol. The molecule has 0 aromatic heterocycles. The van der Waals surface area contributed by atoms with Gasteiger partial charge in [0.15, 0.2) is 0 Å². The third-order valence-electron chi connectivity index (χ3n) is 2.10. The molecule has 0 aromatic carbocycles. The van der Waals surface area contributed by atoms with E-state index in [9.17, 15) is 4.79 Å². The zero-order valence-electron chi connectivity index (χ0n) is 8.02. The summed E-state index contributed by atoms with van der Waals surface area (Å²) in [4.78, 5) is 11.4. The first-order valence-electron chi connectivity index (χ1n) is 4.75. The van der Waals surface area contributed by atoms with Crippen molar-refractivity contribution in [2.75, 3.05) is 13.1 Å². The molecule has 1 amide bonds. The molecule has 1 fully saturated rings. The number of rotatable bonds is 3. The first kappa shape index (κ1) is 10.1. The molecule has 1 aliphatic heterocycles. The van der Waals surface area contributed by atoms with E-state index in [1.165, 1.54) is 0 Å². The van der Waals surface area contributed by atoms with Crippen LogP contribution in [0.1, 0.15) is 26.2 Å². The van der Waals surface area contributed by atoms with Crippen molar-refractivity contribution < 1.29 is 4.79 Å². The third-order valence-corrected chi connectivity index (χ3v) is 2.10. The lowest BCUT2D eigenvalue weighted by molar-refractivity contribution is -0.122. The van der Waals surface area contributed by atoms with Crippen LogP contribution in [0.25, 0.3) is 0 Å². The number of hydrogen-bond acceptors (Lipinski definition) is 2. The lowest BCUT2D eigenvalue weighted by Crippen LogP contribution is -2.40. The molecule has 1 aliphatic rings. The number of carbonyl (C=O) groups is 1. The Labute approximate surface area is 79.3 Å². The SMILES string of the molecule is CC#CCCNC(=O)[C@H]1CCCN1. The molecule has 0 radical (unpaired) electrons. The summed E-state index contributed by atoms with van der Waals surface area (Å²) in [6, 6.07) is 0.0367. The molecule has 72 valence electrons. The second-order valence-corrected chi connectivity index (χ2v) is 3.12. The van der Waals surface area contributed by atoms with E-state index in [-0.39, 0.29) is 11.9 Å². The Bertz CT molecular complexity index is 221. The molecular formula is C10H16N2O. The van der Waals surface area contributed by atoms with Crippen LogP contribution in [0.5, 0.6) is 0 Å². The lowest BCUT2D eigenvalue weighted by Gasteiger charge is -2.09. The maximum Gasteiger partial charge on any atom is 0.237 e. The minimum atomic E-state index is 0.0367. The Morgan fingerprint density at radius 3 is 3.15 bits per heavy atom. The predicted octanol–water partition coefficient (Wildman–Crippen LogP) is 0.268. The summed E-state index contributed by atoms with van der Waals surface area (Å²) in [5, 5.41) is 6.00. The van der Waals surface area contributed by atoms with Gasteiger partial charge in [0, 0.05) is 13.0 Å². The number of hydrogen-bond donors (Lipinski definition) is 2. The fourth-order valence-electron chi connectivity index (χ4n) is 1.40. The van der Waals surface area contributed by atoms with Crippen LogP contribution in [0.4, 0.5) is 0 Å². The second kappa shape index (κ2) is 5.60. The third kappa shape index (κ3) is 3.47. The van der Waals surface area contributed by atoms with Crippen LogP contribution in [-0.2, 0) is 4.79 Å². The maximum atomic E-state index is 11.4. The van der Waals surface area contributed by atoms with Crippen LogP contribution >= 0.6 is 0 Å². The molecule has 2 N–H and O–H groups in total. The van der Waals surface area contributed by atoms with Gasteiger partial charge in [-0.05, 0) is 26.3 Å². The highest BCUT2D eigenvalue weighted by atomic mass is 16.2. The Morgan fingerprint density at radius 1 is 1.69 bits per heavy atom. The minimum Gasteiger partial charge on any atom is -0.354 e. The highest BCUT2D eigenvalue weighted by Gasteiger charge is 2.20. The lowest BCUT2D eigenvalue weighted by atomic mass is 10.2. The van der Waals surface area contributed by atoms with E-state index in [1.54, 1.807) is 6.92 Å². The van der Waals surface area contributed by atoms with Gasteiger partial charge in [-0.25, -0.2) is 0 Å². The smallest absolute Gasteiger partial charge is 0.237 e. The number of nitrogens with one attached hydrogen (secondary N) is 2. The number of carbonyl (C=O) groups excluding carboxylic acids is 1. The van der Waals surface area contributed by atoms with Gasteiger partial charge in [-0.2, -0.15) is 0 Å². The molecule has 0 aliphatic carbocycles. The van der Waals surface area contributed by atoms with Crippen LogP contribution in [0, 0.1) is 11.8 Å². The van der Waals surface area contributed by atoms with E-state index in [0.29, 0.717) is 6.54 Å². The van der Waals surface area contributed by atoms with Crippen LogP contribution in [-0.4, -0.2) is 25.0 Å². The van der Waals surface area contributed by atoms with Crippen molar-refractivity contribution in [3.8, 4) is 11.8 Å². The molecule has 3 heteroatoms. The fourth-order valence-corrected chi connectivity index (χ4v) is 1.40. The van der Waals surface area contributed by atoms with E-state index in [2.05, 4.69) is 22.5 Å². The quantitative estimate of drug-likeness (QED) is 0.483. The molecule has 1 saturated heterocycles. The van der Waals surface area contributed by atoms with Gasteiger partial charge in [0.2, 0.25) is 5.91 Å². The van der Waals surface area contributed by atoms with Crippen LogP contribution < -0.4 is 10.6 Å². The van der Waals surface area contributed by atoms with Gasteiger partial charge in [0.25, 0.3) is 0 Å². The highest BCUT2D eigenvalue weighted by Crippen LogP contribution is 2.03. The summed E-state index contributed by atoms with van der Waals surface area (Å²) < 4.78 is 0. The summed E-state index contributed by atoms with van der Waals surface area (Å²) in [6.07, 6.45) is 2.81. The minimum absolute atomic E-state index is 0.0367. The zero-order valence-corrected chi connectivity index (χ0v) is 8.02. The first-order valence-corrected chi connectivity index (χ1v) is 4.75. The topological polar surface area (TPSA) is 41.1 Å². The average Bonchev–Trinajstić information content (AvgIpc) is 2.65. The molecule has 0 aromatic rings. The van der Waals surface area contributed by atoms with Gasteiger partial charge >= 0.3 is 0 Å². The van der Waals surface area contributed by atoms with E-state index >= 15 is 0 Å². The van der Waals surface area contributed by atoms with Gasteiger partial charge in [-0.1, -0.05) is 0 Å². The maximum absolute atomic E-state index is 11.4. The molecule has 1 atom stereocenters. The van der Waals surface area contributed by atoms with Crippen molar-refractivity contribution in [2.24, 2.45) is 0 Å². The van der Waals surface area contributed by atoms with Crippen molar-refractivity contribution in [1.82, 2.24) is 10.6 Å². The van der Waals surface area contributed by atoms with Crippen molar-refractivity contribution >= 4 is 5.91 Å². The monoisotopic (exact) mass is 180 g/mol. The zero-order chi connectivity index (χ0) is 9.52.